The third kappa shape index (κ3) is 3.06. The minimum Gasteiger partial charge on any atom is -0.328 e. The Morgan fingerprint density at radius 3 is 2.77 bits per heavy atom. The van der Waals surface area contributed by atoms with Gasteiger partial charge in [-0.3, -0.25) is 9.78 Å². The van der Waals surface area contributed by atoms with Gasteiger partial charge in [-0.2, -0.15) is 0 Å². The van der Waals surface area contributed by atoms with E-state index in [0.717, 1.165) is 28.7 Å². The Bertz CT molecular complexity index is 1090. The van der Waals surface area contributed by atoms with Crippen LogP contribution in [0.4, 0.5) is 0 Å². The van der Waals surface area contributed by atoms with Gasteiger partial charge >= 0.3 is 0 Å². The van der Waals surface area contributed by atoms with E-state index in [1.165, 1.54) is 0 Å². The fraction of sp³-hybridized carbons (Fsp3) is 0.250. The fourth-order valence-corrected chi connectivity index (χ4v) is 3.11. The second kappa shape index (κ2) is 6.63. The number of ketones is 1. The molecule has 0 saturated heterocycles. The first-order valence-electron chi connectivity index (χ1n) is 8.66. The number of carbonyl (C=O) groups excluding carboxylic acids is 1. The van der Waals surface area contributed by atoms with Gasteiger partial charge in [0.25, 0.3) is 0 Å². The molecule has 0 fully saturated rings. The van der Waals surface area contributed by atoms with E-state index in [2.05, 4.69) is 38.6 Å². The van der Waals surface area contributed by atoms with Crippen LogP contribution < -0.4 is 0 Å². The van der Waals surface area contributed by atoms with Gasteiger partial charge in [0.1, 0.15) is 0 Å². The average molecular weight is 345 g/mol. The summed E-state index contributed by atoms with van der Waals surface area (Å²) >= 11 is 0. The number of rotatable bonds is 5. The molecule has 4 rings (SSSR count). The Morgan fingerprint density at radius 1 is 1.12 bits per heavy atom. The van der Waals surface area contributed by atoms with Crippen molar-refractivity contribution in [3.8, 4) is 0 Å². The van der Waals surface area contributed by atoms with Crippen LogP contribution in [-0.4, -0.2) is 30.5 Å². The second-order valence-electron chi connectivity index (χ2n) is 6.82. The molecule has 0 aliphatic carbocycles. The molecule has 3 heterocycles. The number of hydrogen-bond acceptors (Lipinski definition) is 5. The molecule has 130 valence electrons. The number of Topliss-reactive ketones (excluding diaryl/α,β-unsaturated/α-hetero) is 1. The smallest absolute Gasteiger partial charge is 0.200 e. The molecule has 0 unspecified atom stereocenters. The molecule has 26 heavy (non-hydrogen) atoms. The van der Waals surface area contributed by atoms with Gasteiger partial charge in [-0.25, -0.2) is 4.98 Å². The van der Waals surface area contributed by atoms with Crippen LogP contribution in [0.15, 0.2) is 48.9 Å². The molecule has 0 amide bonds. The fourth-order valence-electron chi connectivity index (χ4n) is 3.11. The van der Waals surface area contributed by atoms with E-state index in [-0.39, 0.29) is 12.2 Å². The van der Waals surface area contributed by atoms with Crippen molar-refractivity contribution < 1.29 is 4.79 Å². The number of fused-ring (bicyclic) bond motifs is 3. The molecular weight excluding hydrogens is 326 g/mol. The maximum Gasteiger partial charge on any atom is 0.200 e. The van der Waals surface area contributed by atoms with Crippen molar-refractivity contribution in [2.45, 2.75) is 26.8 Å². The second-order valence-corrected chi connectivity index (χ2v) is 6.82. The quantitative estimate of drug-likeness (QED) is 0.518. The maximum absolute atomic E-state index is 12.7. The minimum atomic E-state index is 0.0329. The molecule has 3 aromatic heterocycles. The van der Waals surface area contributed by atoms with Crippen molar-refractivity contribution in [3.05, 3.63) is 60.2 Å². The van der Waals surface area contributed by atoms with Crippen LogP contribution in [0.1, 0.15) is 29.9 Å². The zero-order chi connectivity index (χ0) is 18.1. The minimum absolute atomic E-state index is 0.0329. The Labute approximate surface area is 150 Å². The molecule has 0 aliphatic rings. The predicted octanol–water partition coefficient (Wildman–Crippen LogP) is 3.46. The van der Waals surface area contributed by atoms with Gasteiger partial charge < -0.3 is 4.57 Å². The number of hydrogen-bond donors (Lipinski definition) is 0. The van der Waals surface area contributed by atoms with Crippen LogP contribution in [0.3, 0.4) is 0 Å². The summed E-state index contributed by atoms with van der Waals surface area (Å²) in [5.74, 6) is 0.509. The van der Waals surface area contributed by atoms with Crippen LogP contribution in [0.5, 0.6) is 0 Å². The van der Waals surface area contributed by atoms with Gasteiger partial charge in [-0.15, -0.1) is 10.2 Å². The molecule has 0 radical (unpaired) electrons. The highest BCUT2D eigenvalue weighted by Crippen LogP contribution is 2.24. The Morgan fingerprint density at radius 2 is 2.00 bits per heavy atom. The number of nitrogens with zero attached hydrogens (tertiary/aromatic N) is 5. The lowest BCUT2D eigenvalue weighted by atomic mass is 10.0. The predicted molar refractivity (Wildman–Crippen MR) is 99.9 cm³/mol. The first-order valence-corrected chi connectivity index (χ1v) is 8.66. The van der Waals surface area contributed by atoms with E-state index in [9.17, 15) is 4.79 Å². The highest BCUT2D eigenvalue weighted by atomic mass is 16.1. The van der Waals surface area contributed by atoms with E-state index in [4.69, 9.17) is 0 Å². The highest BCUT2D eigenvalue weighted by molar-refractivity contribution is 6.06. The molecule has 0 saturated carbocycles. The lowest BCUT2D eigenvalue weighted by Gasteiger charge is -2.09. The zero-order valence-electron chi connectivity index (χ0n) is 14.8. The molecule has 0 aliphatic heterocycles. The number of carbonyl (C=O) groups is 1. The molecule has 6 nitrogen and oxygen atoms in total. The largest absolute Gasteiger partial charge is 0.328 e. The Balaban J connectivity index is 1.79. The lowest BCUT2D eigenvalue weighted by Crippen LogP contribution is -2.06. The van der Waals surface area contributed by atoms with Crippen molar-refractivity contribution in [1.82, 2.24) is 24.7 Å². The van der Waals surface area contributed by atoms with Crippen LogP contribution >= 0.6 is 0 Å². The summed E-state index contributed by atoms with van der Waals surface area (Å²) in [6.07, 6.45) is 3.77. The molecular formula is C20H19N5O. The Kier molecular flexibility index (Phi) is 4.16. The van der Waals surface area contributed by atoms with E-state index >= 15 is 0 Å². The van der Waals surface area contributed by atoms with Gasteiger partial charge in [-0.05, 0) is 36.2 Å². The van der Waals surface area contributed by atoms with E-state index in [1.807, 2.05) is 30.3 Å². The maximum atomic E-state index is 12.7. The van der Waals surface area contributed by atoms with Gasteiger partial charge in [0.05, 0.1) is 23.8 Å². The summed E-state index contributed by atoms with van der Waals surface area (Å²) in [6, 6.07) is 11.1. The van der Waals surface area contributed by atoms with Crippen molar-refractivity contribution in [3.63, 3.8) is 0 Å². The van der Waals surface area contributed by atoms with E-state index in [1.54, 1.807) is 18.6 Å². The summed E-state index contributed by atoms with van der Waals surface area (Å²) < 4.78 is 2.09. The molecule has 0 atom stereocenters. The molecule has 0 N–H and O–H groups in total. The van der Waals surface area contributed by atoms with Gasteiger partial charge in [0.15, 0.2) is 5.78 Å². The summed E-state index contributed by atoms with van der Waals surface area (Å²) in [5, 5.41) is 9.34. The molecule has 4 aromatic rings. The first kappa shape index (κ1) is 16.3. The van der Waals surface area contributed by atoms with Crippen molar-refractivity contribution in [2.24, 2.45) is 5.92 Å². The molecule has 0 spiro atoms. The van der Waals surface area contributed by atoms with Gasteiger partial charge in [-0.1, -0.05) is 19.9 Å². The van der Waals surface area contributed by atoms with Crippen LogP contribution in [0, 0.1) is 5.92 Å². The van der Waals surface area contributed by atoms with E-state index < -0.39 is 0 Å². The van der Waals surface area contributed by atoms with Gasteiger partial charge in [0, 0.05) is 29.4 Å². The third-order valence-electron chi connectivity index (χ3n) is 4.27. The first-order chi connectivity index (χ1) is 12.6. The average Bonchev–Trinajstić information content (AvgIpc) is 3.05. The SMILES string of the molecule is CC(C)Cn1cnc2nnc3ccc(C(=O)Cc4ccccn4)cc3c21. The van der Waals surface area contributed by atoms with Crippen LogP contribution in [0.2, 0.25) is 0 Å². The molecule has 1 aromatic carbocycles. The summed E-state index contributed by atoms with van der Waals surface area (Å²) in [4.78, 5) is 21.3. The summed E-state index contributed by atoms with van der Waals surface area (Å²) in [7, 11) is 0. The Hall–Kier alpha value is -3.15. The van der Waals surface area contributed by atoms with Crippen molar-refractivity contribution >= 4 is 27.9 Å². The van der Waals surface area contributed by atoms with Crippen molar-refractivity contribution in [1.29, 1.82) is 0 Å². The topological polar surface area (TPSA) is 73.6 Å². The third-order valence-corrected chi connectivity index (χ3v) is 4.27. The number of benzene rings is 1. The number of imidazole rings is 1. The molecule has 6 heteroatoms. The van der Waals surface area contributed by atoms with Crippen LogP contribution in [0.25, 0.3) is 22.1 Å². The van der Waals surface area contributed by atoms with Gasteiger partial charge in [0.2, 0.25) is 5.65 Å². The zero-order valence-corrected chi connectivity index (χ0v) is 14.8. The highest BCUT2D eigenvalue weighted by Gasteiger charge is 2.14. The standard InChI is InChI=1S/C20H19N5O/c1-13(2)11-25-12-22-20-19(25)16-9-14(6-7-17(16)23-24-20)18(26)10-15-5-3-4-8-21-15/h3-9,12-13H,10-11H2,1-2H3. The van der Waals surface area contributed by atoms with E-state index in [0.29, 0.717) is 17.1 Å². The summed E-state index contributed by atoms with van der Waals surface area (Å²) in [6.45, 7) is 5.15. The monoisotopic (exact) mass is 345 g/mol. The lowest BCUT2D eigenvalue weighted by molar-refractivity contribution is 0.0992. The number of aromatic nitrogens is 5. The van der Waals surface area contributed by atoms with Crippen molar-refractivity contribution in [2.75, 3.05) is 0 Å². The number of pyridine rings is 1. The summed E-state index contributed by atoms with van der Waals surface area (Å²) in [5.41, 5.74) is 3.70. The normalized spacial score (nSPS) is 11.5. The molecule has 0 bridgehead atoms. The van der Waals surface area contributed by atoms with Crippen LogP contribution in [-0.2, 0) is 13.0 Å².